The van der Waals surface area contributed by atoms with Crippen LogP contribution in [0, 0.1) is 28.7 Å². The van der Waals surface area contributed by atoms with E-state index in [4.69, 9.17) is 14.6 Å². The highest BCUT2D eigenvalue weighted by molar-refractivity contribution is 14.1. The van der Waals surface area contributed by atoms with E-state index < -0.39 is 11.9 Å². The second-order valence-corrected chi connectivity index (χ2v) is 9.09. The third kappa shape index (κ3) is 6.64. The molecule has 0 fully saturated rings. The molecule has 0 bridgehead atoms. The molecular weight excluding hydrogens is 571 g/mol. The highest BCUT2D eigenvalue weighted by atomic mass is 127. The maximum Gasteiger partial charge on any atom is 0.335 e. The number of hydrogen-bond acceptors (Lipinski definition) is 5. The fraction of sp³-hybridized carbons (Fsp3) is 0.179. The molecule has 0 aliphatic carbocycles. The lowest BCUT2D eigenvalue weighted by Crippen LogP contribution is -2.14. The lowest BCUT2D eigenvalue weighted by atomic mass is 10.1. The number of carbonyl (C=O) groups is 2. The van der Waals surface area contributed by atoms with Gasteiger partial charge < -0.3 is 19.9 Å². The molecule has 3 aromatic rings. The summed E-state index contributed by atoms with van der Waals surface area (Å²) in [6, 6.07) is 17.5. The molecule has 0 atom stereocenters. The van der Waals surface area contributed by atoms with Crippen molar-refractivity contribution in [2.75, 3.05) is 11.9 Å². The summed E-state index contributed by atoms with van der Waals surface area (Å²) in [5.41, 5.74) is 4.22. The zero-order valence-corrected chi connectivity index (χ0v) is 22.3. The standard InChI is InChI=1S/C28H25IN2O5/c1-4-35-25-14-20(12-22(15-30)27(32)31-24-7-5-6-17(2)18(24)3)13-23(29)26(25)36-16-19-8-10-21(11-9-19)28(33)34/h5-14H,4,16H2,1-3H3,(H,31,32)(H,33,34)/b22-12+. The normalized spacial score (nSPS) is 10.9. The molecule has 2 N–H and O–H groups in total. The molecule has 184 valence electrons. The highest BCUT2D eigenvalue weighted by Gasteiger charge is 2.15. The van der Waals surface area contributed by atoms with Gasteiger partial charge in [0.1, 0.15) is 18.2 Å². The van der Waals surface area contributed by atoms with E-state index in [1.807, 2.05) is 39.0 Å². The van der Waals surface area contributed by atoms with E-state index in [9.17, 15) is 14.9 Å². The monoisotopic (exact) mass is 596 g/mol. The minimum Gasteiger partial charge on any atom is -0.490 e. The van der Waals surface area contributed by atoms with Gasteiger partial charge in [-0.1, -0.05) is 24.3 Å². The maximum absolute atomic E-state index is 12.8. The molecule has 0 aromatic heterocycles. The molecule has 0 aliphatic rings. The Labute approximate surface area is 223 Å². The minimum atomic E-state index is -0.987. The molecule has 0 heterocycles. The number of aromatic carboxylic acids is 1. The third-order valence-corrected chi connectivity index (χ3v) is 6.25. The van der Waals surface area contributed by atoms with Crippen LogP contribution >= 0.6 is 22.6 Å². The van der Waals surface area contributed by atoms with Crippen molar-refractivity contribution in [2.45, 2.75) is 27.4 Å². The maximum atomic E-state index is 12.8. The topological polar surface area (TPSA) is 109 Å². The zero-order valence-electron chi connectivity index (χ0n) is 20.1. The highest BCUT2D eigenvalue weighted by Crippen LogP contribution is 2.35. The Balaban J connectivity index is 1.84. The Morgan fingerprint density at radius 1 is 1.11 bits per heavy atom. The van der Waals surface area contributed by atoms with Crippen LogP contribution in [0.15, 0.2) is 60.2 Å². The Kier molecular flexibility index (Phi) is 9.08. The van der Waals surface area contributed by atoms with E-state index >= 15 is 0 Å². The zero-order chi connectivity index (χ0) is 26.2. The average molecular weight is 596 g/mol. The van der Waals surface area contributed by atoms with E-state index in [-0.39, 0.29) is 17.7 Å². The third-order valence-electron chi connectivity index (χ3n) is 5.44. The number of hydrogen-bond donors (Lipinski definition) is 2. The molecule has 0 radical (unpaired) electrons. The minimum absolute atomic E-state index is 0.0404. The predicted molar refractivity (Wildman–Crippen MR) is 146 cm³/mol. The lowest BCUT2D eigenvalue weighted by molar-refractivity contribution is -0.112. The Bertz CT molecular complexity index is 1360. The van der Waals surface area contributed by atoms with Gasteiger partial charge in [0.25, 0.3) is 5.91 Å². The van der Waals surface area contributed by atoms with Crippen molar-refractivity contribution in [3.63, 3.8) is 0 Å². The fourth-order valence-corrected chi connectivity index (χ4v) is 4.15. The number of nitriles is 1. The van der Waals surface area contributed by atoms with Crippen molar-refractivity contribution in [1.29, 1.82) is 5.26 Å². The van der Waals surface area contributed by atoms with Crippen LogP contribution in [0.4, 0.5) is 5.69 Å². The van der Waals surface area contributed by atoms with Crippen molar-refractivity contribution in [2.24, 2.45) is 0 Å². The van der Waals surface area contributed by atoms with Gasteiger partial charge in [-0.3, -0.25) is 4.79 Å². The molecule has 3 rings (SSSR count). The van der Waals surface area contributed by atoms with Crippen molar-refractivity contribution < 1.29 is 24.2 Å². The second kappa shape index (κ2) is 12.2. The number of aryl methyl sites for hydroxylation is 1. The first-order valence-electron chi connectivity index (χ1n) is 11.1. The van der Waals surface area contributed by atoms with Crippen LogP contribution in [0.3, 0.4) is 0 Å². The second-order valence-electron chi connectivity index (χ2n) is 7.93. The number of amides is 1. The molecule has 0 saturated heterocycles. The molecule has 8 heteroatoms. The van der Waals surface area contributed by atoms with Crippen LogP contribution < -0.4 is 14.8 Å². The van der Waals surface area contributed by atoms with E-state index in [0.717, 1.165) is 20.3 Å². The number of benzene rings is 3. The number of rotatable bonds is 9. The van der Waals surface area contributed by atoms with Gasteiger partial charge in [-0.25, -0.2) is 4.79 Å². The van der Waals surface area contributed by atoms with Gasteiger partial charge in [0, 0.05) is 5.69 Å². The van der Waals surface area contributed by atoms with Crippen LogP contribution in [0.25, 0.3) is 6.08 Å². The van der Waals surface area contributed by atoms with Gasteiger partial charge in [0.05, 0.1) is 15.7 Å². The summed E-state index contributed by atoms with van der Waals surface area (Å²) >= 11 is 2.12. The molecular formula is C28H25IN2O5. The van der Waals surface area contributed by atoms with Crippen LogP contribution in [-0.4, -0.2) is 23.6 Å². The Hall–Kier alpha value is -3.84. The molecule has 7 nitrogen and oxygen atoms in total. The van der Waals surface area contributed by atoms with Gasteiger partial charge in [0.15, 0.2) is 11.5 Å². The van der Waals surface area contributed by atoms with Crippen molar-refractivity contribution in [3.8, 4) is 17.6 Å². The number of carboxylic acid groups (broad SMARTS) is 1. The summed E-state index contributed by atoms with van der Waals surface area (Å²) in [4.78, 5) is 23.8. The summed E-state index contributed by atoms with van der Waals surface area (Å²) in [6.07, 6.45) is 1.51. The largest absolute Gasteiger partial charge is 0.490 e. The summed E-state index contributed by atoms with van der Waals surface area (Å²) in [6.45, 7) is 6.33. The lowest BCUT2D eigenvalue weighted by Gasteiger charge is -2.15. The molecule has 0 aliphatic heterocycles. The van der Waals surface area contributed by atoms with Gasteiger partial charge in [0.2, 0.25) is 0 Å². The number of halogens is 1. The Morgan fingerprint density at radius 3 is 2.47 bits per heavy atom. The SMILES string of the molecule is CCOc1cc(/C=C(\C#N)C(=O)Nc2cccc(C)c2C)cc(I)c1OCc1ccc(C(=O)O)cc1. The number of nitrogens with zero attached hydrogens (tertiary/aromatic N) is 1. The quantitative estimate of drug-likeness (QED) is 0.175. The number of carbonyl (C=O) groups excluding carboxylic acids is 1. The summed E-state index contributed by atoms with van der Waals surface area (Å²) in [5, 5.41) is 21.5. The van der Waals surface area contributed by atoms with E-state index in [0.29, 0.717) is 29.4 Å². The van der Waals surface area contributed by atoms with Gasteiger partial charge in [-0.2, -0.15) is 5.26 Å². The molecule has 3 aromatic carbocycles. The molecule has 36 heavy (non-hydrogen) atoms. The van der Waals surface area contributed by atoms with E-state index in [1.54, 1.807) is 30.3 Å². The summed E-state index contributed by atoms with van der Waals surface area (Å²) in [5.74, 6) is -0.483. The van der Waals surface area contributed by atoms with Gasteiger partial charge in [-0.05, 0) is 102 Å². The number of ether oxygens (including phenoxy) is 2. The smallest absolute Gasteiger partial charge is 0.335 e. The van der Waals surface area contributed by atoms with E-state index in [2.05, 4.69) is 27.9 Å². The van der Waals surface area contributed by atoms with Crippen molar-refractivity contribution in [1.82, 2.24) is 0 Å². The van der Waals surface area contributed by atoms with Crippen molar-refractivity contribution >= 4 is 46.2 Å². The summed E-state index contributed by atoms with van der Waals surface area (Å²) in [7, 11) is 0. The van der Waals surface area contributed by atoms with Crippen LogP contribution in [0.5, 0.6) is 11.5 Å². The fourth-order valence-electron chi connectivity index (χ4n) is 3.36. The molecule has 0 unspecified atom stereocenters. The molecule has 0 saturated carbocycles. The number of carboxylic acids is 1. The first-order valence-corrected chi connectivity index (χ1v) is 12.2. The first kappa shape index (κ1) is 26.8. The van der Waals surface area contributed by atoms with Crippen LogP contribution in [-0.2, 0) is 11.4 Å². The molecule has 0 spiro atoms. The van der Waals surface area contributed by atoms with Crippen LogP contribution in [0.1, 0.15) is 39.5 Å². The van der Waals surface area contributed by atoms with Crippen LogP contribution in [0.2, 0.25) is 0 Å². The molecule has 1 amide bonds. The number of anilines is 1. The predicted octanol–water partition coefficient (Wildman–Crippen LogP) is 6.13. The first-order chi connectivity index (χ1) is 17.2. The summed E-state index contributed by atoms with van der Waals surface area (Å²) < 4.78 is 12.5. The number of nitrogens with one attached hydrogen (secondary N) is 1. The van der Waals surface area contributed by atoms with Gasteiger partial charge >= 0.3 is 5.97 Å². The Morgan fingerprint density at radius 2 is 1.83 bits per heavy atom. The van der Waals surface area contributed by atoms with Gasteiger partial charge in [-0.15, -0.1) is 0 Å². The van der Waals surface area contributed by atoms with E-state index in [1.165, 1.54) is 18.2 Å². The average Bonchev–Trinajstić information content (AvgIpc) is 2.85. The van der Waals surface area contributed by atoms with Crippen molar-refractivity contribution in [3.05, 3.63) is 91.6 Å².